The molecule has 3 rings (SSSR count). The summed E-state index contributed by atoms with van der Waals surface area (Å²) in [6.07, 6.45) is 4.28. The van der Waals surface area contributed by atoms with Gasteiger partial charge < -0.3 is 9.64 Å². The molecule has 3 nitrogen and oxygen atoms in total. The lowest BCUT2D eigenvalue weighted by atomic mass is 10.0. The molecule has 0 spiro atoms. The molecule has 1 aromatic carbocycles. The molecule has 3 heteroatoms. The van der Waals surface area contributed by atoms with Crippen molar-refractivity contribution in [2.75, 3.05) is 13.2 Å². The number of amides is 1. The van der Waals surface area contributed by atoms with Crippen LogP contribution >= 0.6 is 0 Å². The first kappa shape index (κ1) is 12.7. The maximum absolute atomic E-state index is 12.8. The number of hydrogen-bond donors (Lipinski definition) is 0. The molecule has 1 amide bonds. The Bertz CT molecular complexity index is 462. The Kier molecular flexibility index (Phi) is 3.56. The van der Waals surface area contributed by atoms with E-state index in [4.69, 9.17) is 4.74 Å². The van der Waals surface area contributed by atoms with Gasteiger partial charge in [0, 0.05) is 30.9 Å². The van der Waals surface area contributed by atoms with Crippen LogP contribution in [0, 0.1) is 6.92 Å². The molecular weight excluding hydrogens is 238 g/mol. The van der Waals surface area contributed by atoms with E-state index in [-0.39, 0.29) is 5.91 Å². The fourth-order valence-electron chi connectivity index (χ4n) is 2.90. The van der Waals surface area contributed by atoms with Crippen molar-refractivity contribution in [3.8, 4) is 0 Å². The predicted octanol–water partition coefficient (Wildman–Crippen LogP) is 2.78. The highest BCUT2D eigenvalue weighted by molar-refractivity contribution is 5.96. The topological polar surface area (TPSA) is 29.5 Å². The zero-order valence-electron chi connectivity index (χ0n) is 11.5. The van der Waals surface area contributed by atoms with Gasteiger partial charge >= 0.3 is 0 Å². The molecule has 0 bridgehead atoms. The minimum Gasteiger partial charge on any atom is -0.381 e. The van der Waals surface area contributed by atoms with E-state index in [0.29, 0.717) is 12.1 Å². The van der Waals surface area contributed by atoms with Crippen molar-refractivity contribution in [3.05, 3.63) is 35.4 Å². The number of carbonyl (C=O) groups excluding carboxylic acids is 1. The molecule has 0 N–H and O–H groups in total. The molecule has 1 heterocycles. The summed E-state index contributed by atoms with van der Waals surface area (Å²) in [5.41, 5.74) is 1.94. The quantitative estimate of drug-likeness (QED) is 0.835. The summed E-state index contributed by atoms with van der Waals surface area (Å²) < 4.78 is 5.42. The molecule has 2 aliphatic rings. The van der Waals surface area contributed by atoms with E-state index in [2.05, 4.69) is 4.90 Å². The third-order valence-corrected chi connectivity index (χ3v) is 4.13. The van der Waals surface area contributed by atoms with Crippen LogP contribution in [0.3, 0.4) is 0 Å². The smallest absolute Gasteiger partial charge is 0.254 e. The Morgan fingerprint density at radius 2 is 1.74 bits per heavy atom. The molecule has 1 aliphatic heterocycles. The van der Waals surface area contributed by atoms with Gasteiger partial charge in [0.15, 0.2) is 0 Å². The lowest BCUT2D eigenvalue weighted by Crippen LogP contribution is -2.45. The van der Waals surface area contributed by atoms with Crippen LogP contribution in [0.4, 0.5) is 0 Å². The number of rotatable bonds is 3. The van der Waals surface area contributed by atoms with Crippen molar-refractivity contribution in [2.24, 2.45) is 0 Å². The highest BCUT2D eigenvalue weighted by atomic mass is 16.5. The first-order valence-corrected chi connectivity index (χ1v) is 7.23. The zero-order chi connectivity index (χ0) is 13.2. The highest BCUT2D eigenvalue weighted by Crippen LogP contribution is 2.33. The van der Waals surface area contributed by atoms with Crippen molar-refractivity contribution in [3.63, 3.8) is 0 Å². The largest absolute Gasteiger partial charge is 0.381 e. The van der Waals surface area contributed by atoms with Crippen molar-refractivity contribution in [1.82, 2.24) is 4.90 Å². The summed E-state index contributed by atoms with van der Waals surface area (Å²) in [6, 6.07) is 8.75. The zero-order valence-corrected chi connectivity index (χ0v) is 11.5. The van der Waals surface area contributed by atoms with E-state index in [1.54, 1.807) is 0 Å². The van der Waals surface area contributed by atoms with Crippen molar-refractivity contribution < 1.29 is 9.53 Å². The van der Waals surface area contributed by atoms with E-state index in [0.717, 1.165) is 50.0 Å². The summed E-state index contributed by atoms with van der Waals surface area (Å²) in [4.78, 5) is 15.0. The van der Waals surface area contributed by atoms with Crippen molar-refractivity contribution >= 4 is 5.91 Å². The van der Waals surface area contributed by atoms with E-state index in [1.165, 1.54) is 0 Å². The maximum Gasteiger partial charge on any atom is 0.254 e. The van der Waals surface area contributed by atoms with Gasteiger partial charge in [0.05, 0.1) is 0 Å². The van der Waals surface area contributed by atoms with E-state index in [9.17, 15) is 4.79 Å². The first-order chi connectivity index (χ1) is 9.27. The molecule has 0 radical (unpaired) electrons. The number of aryl methyl sites for hydroxylation is 1. The Balaban J connectivity index is 1.83. The Hall–Kier alpha value is -1.35. The van der Waals surface area contributed by atoms with Gasteiger partial charge in [-0.2, -0.15) is 0 Å². The summed E-state index contributed by atoms with van der Waals surface area (Å²) in [6.45, 7) is 3.59. The molecular formula is C16H21NO2. The summed E-state index contributed by atoms with van der Waals surface area (Å²) in [5.74, 6) is 0.215. The van der Waals surface area contributed by atoms with Gasteiger partial charge in [0.2, 0.25) is 0 Å². The van der Waals surface area contributed by atoms with Gasteiger partial charge in [-0.1, -0.05) is 18.2 Å². The second-order valence-corrected chi connectivity index (χ2v) is 5.60. The standard InChI is InChI=1S/C16H21NO2/c1-12-4-2-3-5-15(12)16(18)17(13-6-7-13)14-8-10-19-11-9-14/h2-5,13-14H,6-11H2,1H3. The fraction of sp³-hybridized carbons (Fsp3) is 0.562. The van der Waals surface area contributed by atoms with Gasteiger partial charge in [0.1, 0.15) is 0 Å². The molecule has 2 fully saturated rings. The lowest BCUT2D eigenvalue weighted by Gasteiger charge is -2.35. The second kappa shape index (κ2) is 5.33. The maximum atomic E-state index is 12.8. The van der Waals surface area contributed by atoms with E-state index >= 15 is 0 Å². The normalized spacial score (nSPS) is 20.3. The number of carbonyl (C=O) groups is 1. The lowest BCUT2D eigenvalue weighted by molar-refractivity contribution is 0.0267. The first-order valence-electron chi connectivity index (χ1n) is 7.23. The van der Waals surface area contributed by atoms with Gasteiger partial charge in [0.25, 0.3) is 5.91 Å². The molecule has 1 saturated carbocycles. The molecule has 1 aliphatic carbocycles. The third-order valence-electron chi connectivity index (χ3n) is 4.13. The predicted molar refractivity (Wildman–Crippen MR) is 74.2 cm³/mol. The number of benzene rings is 1. The Morgan fingerprint density at radius 1 is 1.11 bits per heavy atom. The van der Waals surface area contributed by atoms with Crippen LogP contribution in [0.5, 0.6) is 0 Å². The van der Waals surface area contributed by atoms with Crippen LogP contribution in [-0.4, -0.2) is 36.1 Å². The summed E-state index contributed by atoms with van der Waals surface area (Å²) >= 11 is 0. The summed E-state index contributed by atoms with van der Waals surface area (Å²) in [5, 5.41) is 0. The highest BCUT2D eigenvalue weighted by Gasteiger charge is 2.38. The Labute approximate surface area is 114 Å². The minimum absolute atomic E-state index is 0.215. The van der Waals surface area contributed by atoms with Crippen LogP contribution in [-0.2, 0) is 4.74 Å². The number of hydrogen-bond acceptors (Lipinski definition) is 2. The van der Waals surface area contributed by atoms with Gasteiger partial charge in [-0.15, -0.1) is 0 Å². The van der Waals surface area contributed by atoms with Crippen molar-refractivity contribution in [2.45, 2.75) is 44.7 Å². The fourth-order valence-corrected chi connectivity index (χ4v) is 2.90. The summed E-state index contributed by atoms with van der Waals surface area (Å²) in [7, 11) is 0. The number of nitrogens with zero attached hydrogens (tertiary/aromatic N) is 1. The average molecular weight is 259 g/mol. The van der Waals surface area contributed by atoms with Crippen LogP contribution in [0.15, 0.2) is 24.3 Å². The van der Waals surface area contributed by atoms with Gasteiger partial charge in [-0.3, -0.25) is 4.79 Å². The number of ether oxygens (including phenoxy) is 1. The molecule has 1 aromatic rings. The van der Waals surface area contributed by atoms with Crippen LogP contribution in [0.25, 0.3) is 0 Å². The van der Waals surface area contributed by atoms with Crippen LogP contribution < -0.4 is 0 Å². The molecule has 102 valence electrons. The minimum atomic E-state index is 0.215. The average Bonchev–Trinajstić information content (AvgIpc) is 3.25. The van der Waals surface area contributed by atoms with E-state index < -0.39 is 0 Å². The second-order valence-electron chi connectivity index (χ2n) is 5.60. The van der Waals surface area contributed by atoms with Crippen molar-refractivity contribution in [1.29, 1.82) is 0 Å². The third kappa shape index (κ3) is 2.66. The SMILES string of the molecule is Cc1ccccc1C(=O)N(C1CCOCC1)C1CC1. The van der Waals surface area contributed by atoms with Crippen LogP contribution in [0.1, 0.15) is 41.6 Å². The molecule has 1 saturated heterocycles. The van der Waals surface area contributed by atoms with Gasteiger partial charge in [-0.25, -0.2) is 0 Å². The molecule has 19 heavy (non-hydrogen) atoms. The monoisotopic (exact) mass is 259 g/mol. The molecule has 0 unspecified atom stereocenters. The van der Waals surface area contributed by atoms with Gasteiger partial charge in [-0.05, 0) is 44.2 Å². The Morgan fingerprint density at radius 3 is 2.37 bits per heavy atom. The molecule has 0 atom stereocenters. The van der Waals surface area contributed by atoms with E-state index in [1.807, 2.05) is 31.2 Å². The van der Waals surface area contributed by atoms with Crippen LogP contribution in [0.2, 0.25) is 0 Å². The molecule has 0 aromatic heterocycles.